The van der Waals surface area contributed by atoms with Crippen molar-refractivity contribution >= 4 is 39.0 Å². The Morgan fingerprint density at radius 1 is 0.545 bits per heavy atom. The van der Waals surface area contributed by atoms with Gasteiger partial charge < -0.3 is 8.83 Å². The lowest BCUT2D eigenvalue weighted by Crippen LogP contribution is -2.11. The smallest absolute Gasteiger partial charge is 0.163 e. The maximum absolute atomic E-state index is 6.52. The molecular weight excluding hydrogens is 542 g/mol. The van der Waals surface area contributed by atoms with Gasteiger partial charge in [0.05, 0.1) is 5.92 Å². The summed E-state index contributed by atoms with van der Waals surface area (Å²) in [5, 5.41) is 3.27. The summed E-state index contributed by atoms with van der Waals surface area (Å²) in [6, 6.07) is 41.0. The molecule has 8 aromatic rings. The van der Waals surface area contributed by atoms with Crippen LogP contribution in [0.15, 0.2) is 136 Å². The van der Waals surface area contributed by atoms with Crippen molar-refractivity contribution in [1.29, 1.82) is 0 Å². The molecule has 0 saturated carbocycles. The summed E-state index contributed by atoms with van der Waals surface area (Å²) in [4.78, 5) is 15.1. The van der Waals surface area contributed by atoms with Crippen molar-refractivity contribution < 1.29 is 8.83 Å². The molecule has 0 aliphatic heterocycles. The van der Waals surface area contributed by atoms with Gasteiger partial charge in [-0.25, -0.2) is 15.0 Å². The molecule has 0 amide bonds. The van der Waals surface area contributed by atoms with Gasteiger partial charge in [-0.2, -0.15) is 0 Å². The zero-order chi connectivity index (χ0) is 29.0. The van der Waals surface area contributed by atoms with Gasteiger partial charge in [-0.15, -0.1) is 0 Å². The zero-order valence-electron chi connectivity index (χ0n) is 23.6. The second kappa shape index (κ2) is 9.89. The summed E-state index contributed by atoms with van der Waals surface area (Å²) in [7, 11) is 0. The van der Waals surface area contributed by atoms with E-state index in [1.54, 1.807) is 0 Å². The third kappa shape index (κ3) is 3.90. The van der Waals surface area contributed by atoms with E-state index in [2.05, 4.69) is 54.6 Å². The van der Waals surface area contributed by atoms with E-state index in [0.717, 1.165) is 78.7 Å². The van der Waals surface area contributed by atoms with E-state index in [1.165, 1.54) is 0 Å². The van der Waals surface area contributed by atoms with Crippen LogP contribution in [-0.2, 0) is 0 Å². The van der Waals surface area contributed by atoms with Gasteiger partial charge in [-0.1, -0.05) is 115 Å². The van der Waals surface area contributed by atoms with Crippen LogP contribution in [0.2, 0.25) is 0 Å². The quantitative estimate of drug-likeness (QED) is 0.212. The van der Waals surface area contributed by atoms with E-state index in [-0.39, 0.29) is 5.92 Å². The maximum Gasteiger partial charge on any atom is 0.163 e. The van der Waals surface area contributed by atoms with E-state index < -0.39 is 0 Å². The number of furan rings is 2. The molecule has 44 heavy (non-hydrogen) atoms. The van der Waals surface area contributed by atoms with Crippen LogP contribution < -0.4 is 0 Å². The Kier molecular flexibility index (Phi) is 5.56. The summed E-state index contributed by atoms with van der Waals surface area (Å²) in [6.45, 7) is 0. The fraction of sp³-hybridized carbons (Fsp3) is 0.0513. The maximum atomic E-state index is 6.52. The van der Waals surface area contributed by atoms with Crippen molar-refractivity contribution in [2.24, 2.45) is 0 Å². The van der Waals surface area contributed by atoms with Gasteiger partial charge in [-0.05, 0) is 30.2 Å². The van der Waals surface area contributed by atoms with Crippen molar-refractivity contribution in [2.45, 2.75) is 12.3 Å². The fourth-order valence-electron chi connectivity index (χ4n) is 6.49. The number of hydrogen-bond donors (Lipinski definition) is 0. The number of fused-ring (bicyclic) bond motifs is 6. The highest BCUT2D eigenvalue weighted by atomic mass is 16.3. The Labute approximate surface area is 253 Å². The van der Waals surface area contributed by atoms with Crippen LogP contribution in [0.25, 0.3) is 72.9 Å². The Morgan fingerprint density at radius 2 is 1.18 bits per heavy atom. The van der Waals surface area contributed by atoms with Gasteiger partial charge >= 0.3 is 0 Å². The first-order valence-corrected chi connectivity index (χ1v) is 14.8. The molecule has 5 aromatic carbocycles. The molecule has 3 heterocycles. The third-order valence-corrected chi connectivity index (χ3v) is 8.49. The Morgan fingerprint density at radius 3 is 1.95 bits per heavy atom. The zero-order valence-corrected chi connectivity index (χ0v) is 23.6. The number of nitrogens with zero attached hydrogens (tertiary/aromatic N) is 3. The third-order valence-electron chi connectivity index (χ3n) is 8.49. The standard InChI is InChI=1S/C39H25N3O2/c1-3-12-24(13-4-1)37-40-38(25-14-5-2-6-15-25)42-39(41-37)30-20-11-23-33-35(30)34-27(17-10-22-32(34)43-33)29-19-9-18-28-26-16-7-8-21-31(26)44-36(28)29/h1-19,21-23,30H,20H2. The first kappa shape index (κ1) is 24.8. The van der Waals surface area contributed by atoms with Crippen LogP contribution in [0.1, 0.15) is 29.5 Å². The molecule has 3 aromatic heterocycles. The van der Waals surface area contributed by atoms with Crippen molar-refractivity contribution in [2.75, 3.05) is 0 Å². The van der Waals surface area contributed by atoms with E-state index in [0.29, 0.717) is 11.6 Å². The van der Waals surface area contributed by atoms with Crippen LogP contribution in [-0.4, -0.2) is 15.0 Å². The lowest BCUT2D eigenvalue weighted by molar-refractivity contribution is 0.586. The molecule has 208 valence electrons. The van der Waals surface area contributed by atoms with E-state index >= 15 is 0 Å². The van der Waals surface area contributed by atoms with E-state index in [4.69, 9.17) is 23.8 Å². The highest BCUT2D eigenvalue weighted by Gasteiger charge is 2.30. The molecule has 0 radical (unpaired) electrons. The predicted molar refractivity (Wildman–Crippen MR) is 175 cm³/mol. The second-order valence-corrected chi connectivity index (χ2v) is 11.1. The number of rotatable bonds is 4. The SMILES string of the molecule is C1=Cc2oc3cccc(-c4cccc5c4oc4ccccc45)c3c2C(c2nc(-c3ccccc3)nc(-c3ccccc3)n2)C1. The normalized spacial score (nSPS) is 14.4. The molecule has 0 saturated heterocycles. The van der Waals surface area contributed by atoms with E-state index in [9.17, 15) is 0 Å². The van der Waals surface area contributed by atoms with Gasteiger partial charge in [0.15, 0.2) is 11.6 Å². The summed E-state index contributed by atoms with van der Waals surface area (Å²) >= 11 is 0. The molecule has 5 heteroatoms. The highest BCUT2D eigenvalue weighted by molar-refractivity contribution is 6.12. The van der Waals surface area contributed by atoms with Crippen molar-refractivity contribution in [3.8, 4) is 33.9 Å². The Balaban J connectivity index is 1.29. The molecule has 0 N–H and O–H groups in total. The average molecular weight is 568 g/mol. The van der Waals surface area contributed by atoms with E-state index in [1.807, 2.05) is 78.9 Å². The van der Waals surface area contributed by atoms with Crippen molar-refractivity contribution in [3.63, 3.8) is 0 Å². The minimum Gasteiger partial charge on any atom is -0.456 e. The summed E-state index contributed by atoms with van der Waals surface area (Å²) in [6.07, 6.45) is 4.98. The molecule has 0 spiro atoms. The monoisotopic (exact) mass is 567 g/mol. The highest BCUT2D eigenvalue weighted by Crippen LogP contribution is 2.46. The predicted octanol–water partition coefficient (Wildman–Crippen LogP) is 10.1. The summed E-state index contributed by atoms with van der Waals surface area (Å²) < 4.78 is 13.0. The topological polar surface area (TPSA) is 65.0 Å². The largest absolute Gasteiger partial charge is 0.456 e. The van der Waals surface area contributed by atoms with Gasteiger partial charge in [-0.3, -0.25) is 0 Å². The van der Waals surface area contributed by atoms with Crippen LogP contribution in [0.5, 0.6) is 0 Å². The number of aromatic nitrogens is 3. The number of hydrogen-bond acceptors (Lipinski definition) is 5. The van der Waals surface area contributed by atoms with Crippen LogP contribution in [0, 0.1) is 0 Å². The molecule has 9 rings (SSSR count). The lowest BCUT2D eigenvalue weighted by atomic mass is 9.85. The van der Waals surface area contributed by atoms with Crippen LogP contribution >= 0.6 is 0 Å². The molecule has 0 fully saturated rings. The van der Waals surface area contributed by atoms with Gasteiger partial charge in [0.2, 0.25) is 0 Å². The number of benzene rings is 5. The van der Waals surface area contributed by atoms with Crippen molar-refractivity contribution in [1.82, 2.24) is 15.0 Å². The van der Waals surface area contributed by atoms with Crippen molar-refractivity contribution in [3.05, 3.63) is 145 Å². The first-order valence-electron chi connectivity index (χ1n) is 14.8. The van der Waals surface area contributed by atoms with Crippen LogP contribution in [0.4, 0.5) is 0 Å². The number of para-hydroxylation sites is 2. The summed E-state index contributed by atoms with van der Waals surface area (Å²) in [5.41, 5.74) is 7.68. The molecule has 1 unspecified atom stereocenters. The minimum absolute atomic E-state index is 0.125. The average Bonchev–Trinajstić information content (AvgIpc) is 3.68. The van der Waals surface area contributed by atoms with Gasteiger partial charge in [0.1, 0.15) is 28.3 Å². The molecular formula is C39H25N3O2. The van der Waals surface area contributed by atoms with Gasteiger partial charge in [0, 0.05) is 38.4 Å². The number of allylic oxidation sites excluding steroid dienone is 1. The first-order chi connectivity index (χ1) is 21.8. The Bertz CT molecular complexity index is 2310. The molecule has 1 atom stereocenters. The van der Waals surface area contributed by atoms with Crippen LogP contribution in [0.3, 0.4) is 0 Å². The second-order valence-electron chi connectivity index (χ2n) is 11.1. The molecule has 1 aliphatic carbocycles. The molecule has 0 bridgehead atoms. The Hall–Kier alpha value is -5.81. The lowest BCUT2D eigenvalue weighted by Gasteiger charge is -2.19. The summed E-state index contributed by atoms with van der Waals surface area (Å²) in [5.74, 6) is 2.75. The fourth-order valence-corrected chi connectivity index (χ4v) is 6.49. The molecule has 5 nitrogen and oxygen atoms in total. The minimum atomic E-state index is -0.125. The molecule has 1 aliphatic rings. The van der Waals surface area contributed by atoms with Gasteiger partial charge in [0.25, 0.3) is 0 Å².